The Morgan fingerprint density at radius 2 is 1.78 bits per heavy atom. The highest BCUT2D eigenvalue weighted by Gasteiger charge is 2.52. The molecule has 2 aliphatic heterocycles. The number of benzene rings is 2. The van der Waals surface area contributed by atoms with Crippen molar-refractivity contribution in [2.45, 2.75) is 31.4 Å². The summed E-state index contributed by atoms with van der Waals surface area (Å²) in [4.78, 5) is 12.7. The van der Waals surface area contributed by atoms with Gasteiger partial charge in [-0.3, -0.25) is 10.1 Å². The molecule has 1 atom stereocenters. The predicted molar refractivity (Wildman–Crippen MR) is 107 cm³/mol. The largest absolute Gasteiger partial charge is 0.346 e. The number of hydrogen-bond donors (Lipinski definition) is 1. The van der Waals surface area contributed by atoms with Gasteiger partial charge < -0.3 is 5.11 Å². The van der Waals surface area contributed by atoms with Gasteiger partial charge in [0.1, 0.15) is 5.69 Å². The molecule has 0 unspecified atom stereocenters. The van der Waals surface area contributed by atoms with E-state index < -0.39 is 10.6 Å². The predicted octanol–water partition coefficient (Wildman–Crippen LogP) is 4.01. The molecule has 0 fully saturated rings. The van der Waals surface area contributed by atoms with Crippen molar-refractivity contribution >= 4 is 33.1 Å². The van der Waals surface area contributed by atoms with Gasteiger partial charge in [-0.15, -0.1) is 0 Å². The normalized spacial score (nSPS) is 22.5. The van der Waals surface area contributed by atoms with Crippen LogP contribution in [-0.2, 0) is 5.72 Å². The maximum Gasteiger partial charge on any atom is 0.271 e. The molecule has 7 heteroatoms. The van der Waals surface area contributed by atoms with Crippen molar-refractivity contribution in [3.8, 4) is 0 Å². The molecule has 1 N–H and O–H groups in total. The van der Waals surface area contributed by atoms with E-state index in [9.17, 15) is 15.2 Å². The van der Waals surface area contributed by atoms with Crippen LogP contribution in [0.1, 0.15) is 31.2 Å². The topological polar surface area (TPSA) is 69.6 Å². The Morgan fingerprint density at radius 3 is 2.44 bits per heavy atom. The summed E-state index contributed by atoms with van der Waals surface area (Å²) in [5.74, 6) is 1.12. The van der Waals surface area contributed by atoms with Crippen molar-refractivity contribution in [3.63, 3.8) is 0 Å². The second-order valence-electron chi connectivity index (χ2n) is 7.06. The summed E-state index contributed by atoms with van der Waals surface area (Å²) in [5, 5.41) is 22.7. The Kier molecular flexibility index (Phi) is 4.74. The number of non-ortho nitro benzene ring substituents is 1. The Balaban J connectivity index is 1.77. The van der Waals surface area contributed by atoms with E-state index in [0.29, 0.717) is 12.1 Å². The first-order chi connectivity index (χ1) is 13.0. The third-order valence-electron chi connectivity index (χ3n) is 5.41. The zero-order valence-corrected chi connectivity index (χ0v) is 16.4. The summed E-state index contributed by atoms with van der Waals surface area (Å²) in [6, 6.07) is 14.4. The molecule has 0 saturated carbocycles. The molecular formula is C20H21BrN3O3+. The summed E-state index contributed by atoms with van der Waals surface area (Å²) in [7, 11) is 0. The third kappa shape index (κ3) is 3.26. The van der Waals surface area contributed by atoms with Crippen LogP contribution in [0.3, 0.4) is 0 Å². The molecular weight excluding hydrogens is 410 g/mol. The van der Waals surface area contributed by atoms with Gasteiger partial charge in [-0.25, -0.2) is 9.48 Å². The molecule has 0 saturated heterocycles. The summed E-state index contributed by atoms with van der Waals surface area (Å²) < 4.78 is 3.10. The number of amidine groups is 1. The van der Waals surface area contributed by atoms with Crippen LogP contribution >= 0.6 is 15.9 Å². The lowest BCUT2D eigenvalue weighted by Crippen LogP contribution is -2.41. The minimum atomic E-state index is -1.19. The fourth-order valence-electron chi connectivity index (χ4n) is 4.03. The number of aliphatic hydroxyl groups is 1. The van der Waals surface area contributed by atoms with Crippen LogP contribution < -0.4 is 4.90 Å². The van der Waals surface area contributed by atoms with Crippen molar-refractivity contribution in [1.29, 1.82) is 0 Å². The first-order valence-corrected chi connectivity index (χ1v) is 9.92. The number of rotatable bonds is 3. The molecule has 27 heavy (non-hydrogen) atoms. The molecule has 2 heterocycles. The second-order valence-corrected chi connectivity index (χ2v) is 7.98. The van der Waals surface area contributed by atoms with Crippen molar-refractivity contribution in [2.75, 3.05) is 18.0 Å². The maximum atomic E-state index is 11.7. The van der Waals surface area contributed by atoms with E-state index in [1.165, 1.54) is 12.1 Å². The molecule has 2 aromatic carbocycles. The summed E-state index contributed by atoms with van der Waals surface area (Å²) in [6.45, 7) is 1.18. The van der Waals surface area contributed by atoms with Crippen LogP contribution in [0, 0.1) is 10.1 Å². The van der Waals surface area contributed by atoms with Gasteiger partial charge in [-0.1, -0.05) is 15.9 Å². The number of anilines is 1. The van der Waals surface area contributed by atoms with Gasteiger partial charge in [0.2, 0.25) is 0 Å². The number of nitro groups is 1. The van der Waals surface area contributed by atoms with Crippen LogP contribution in [-0.4, -0.2) is 33.5 Å². The quantitative estimate of drug-likeness (QED) is 0.453. The number of halogens is 1. The van der Waals surface area contributed by atoms with Crippen molar-refractivity contribution in [3.05, 3.63) is 68.7 Å². The van der Waals surface area contributed by atoms with Gasteiger partial charge in [0.05, 0.1) is 11.5 Å². The van der Waals surface area contributed by atoms with E-state index >= 15 is 0 Å². The summed E-state index contributed by atoms with van der Waals surface area (Å²) >= 11 is 3.47. The smallest absolute Gasteiger partial charge is 0.271 e. The molecule has 4 rings (SSSR count). The van der Waals surface area contributed by atoms with E-state index in [1.807, 2.05) is 24.3 Å². The van der Waals surface area contributed by atoms with Crippen LogP contribution in [0.25, 0.3) is 0 Å². The van der Waals surface area contributed by atoms with Crippen molar-refractivity contribution in [1.82, 2.24) is 0 Å². The summed E-state index contributed by atoms with van der Waals surface area (Å²) in [6.07, 6.45) is 4.15. The minimum absolute atomic E-state index is 0.0326. The Labute approximate surface area is 166 Å². The van der Waals surface area contributed by atoms with Gasteiger partial charge >= 0.3 is 0 Å². The van der Waals surface area contributed by atoms with Crippen LogP contribution in [0.2, 0.25) is 0 Å². The van der Waals surface area contributed by atoms with Crippen LogP contribution in [0.5, 0.6) is 0 Å². The van der Waals surface area contributed by atoms with Gasteiger partial charge in [0.25, 0.3) is 17.2 Å². The van der Waals surface area contributed by atoms with E-state index in [-0.39, 0.29) is 5.69 Å². The Hall–Kier alpha value is -2.25. The number of nitrogens with zero attached hydrogens (tertiary/aromatic N) is 3. The van der Waals surface area contributed by atoms with Gasteiger partial charge in [-0.2, -0.15) is 0 Å². The lowest BCUT2D eigenvalue weighted by molar-refractivity contribution is -0.658. The molecule has 0 bridgehead atoms. The maximum absolute atomic E-state index is 11.7. The lowest BCUT2D eigenvalue weighted by atomic mass is 10.0. The van der Waals surface area contributed by atoms with Crippen molar-refractivity contribution < 1.29 is 14.6 Å². The zero-order valence-electron chi connectivity index (χ0n) is 14.8. The molecule has 0 radical (unpaired) electrons. The average molecular weight is 431 g/mol. The lowest BCUT2D eigenvalue weighted by Gasteiger charge is -2.23. The van der Waals surface area contributed by atoms with Crippen LogP contribution in [0.15, 0.2) is 53.0 Å². The first kappa shape index (κ1) is 18.1. The molecule has 0 aromatic heterocycles. The minimum Gasteiger partial charge on any atom is -0.346 e. The molecule has 0 amide bonds. The van der Waals surface area contributed by atoms with Crippen molar-refractivity contribution in [2.24, 2.45) is 0 Å². The van der Waals surface area contributed by atoms with Gasteiger partial charge in [-0.05, 0) is 55.7 Å². The fourth-order valence-corrected chi connectivity index (χ4v) is 4.29. The molecule has 140 valence electrons. The number of β-amino-alcohol motifs (C(OH)–C–C–N with tert-alkyl or cyclic N) is 1. The van der Waals surface area contributed by atoms with Gasteiger partial charge in [0, 0.05) is 28.6 Å². The fraction of sp³-hybridized carbons (Fsp3) is 0.350. The Morgan fingerprint density at radius 1 is 1.07 bits per heavy atom. The standard InChI is InChI=1S/C20H21BrN3O3/c21-16-7-11-17(12-8-16)22-14-20(25,23-13-3-1-2-4-19(22)23)15-5-9-18(10-6-15)24(26)27/h5-12,25H,1-4,13-14H2/q+1/t20-/m1/s1. The highest BCUT2D eigenvalue weighted by molar-refractivity contribution is 9.10. The molecule has 2 aromatic rings. The van der Waals surface area contributed by atoms with E-state index in [1.54, 1.807) is 12.1 Å². The monoisotopic (exact) mass is 430 g/mol. The van der Waals surface area contributed by atoms with Crippen LogP contribution in [0.4, 0.5) is 11.4 Å². The summed E-state index contributed by atoms with van der Waals surface area (Å²) in [5.41, 5.74) is 0.567. The number of hydrogen-bond acceptors (Lipinski definition) is 4. The van der Waals surface area contributed by atoms with Gasteiger partial charge in [0.15, 0.2) is 6.54 Å². The highest BCUT2D eigenvalue weighted by Crippen LogP contribution is 2.36. The molecule has 0 spiro atoms. The van der Waals surface area contributed by atoms with E-state index in [0.717, 1.165) is 48.2 Å². The first-order valence-electron chi connectivity index (χ1n) is 9.13. The molecule has 6 nitrogen and oxygen atoms in total. The molecule has 0 aliphatic carbocycles. The highest BCUT2D eigenvalue weighted by atomic mass is 79.9. The van der Waals surface area contributed by atoms with E-state index in [4.69, 9.17) is 0 Å². The molecule has 2 aliphatic rings. The zero-order chi connectivity index (χ0) is 19.0. The average Bonchev–Trinajstić information content (AvgIpc) is 2.83. The second kappa shape index (κ2) is 7.05. The third-order valence-corrected chi connectivity index (χ3v) is 5.94. The Bertz CT molecular complexity index is 896. The number of nitro benzene ring substituents is 1. The van der Waals surface area contributed by atoms with E-state index in [2.05, 4.69) is 25.4 Å². The SMILES string of the molecule is O=[N+]([O-])c1ccc([C@]2(O)CN(c3ccc(Br)cc3)C3=[N+]2CCCCC3)cc1.